The average Bonchev–Trinajstić information content (AvgIpc) is 2.40. The Bertz CT molecular complexity index is 606. The summed E-state index contributed by atoms with van der Waals surface area (Å²) in [6.07, 6.45) is -5.38. The van der Waals surface area contributed by atoms with E-state index in [-0.39, 0.29) is 0 Å². The lowest BCUT2D eigenvalue weighted by atomic mass is 9.97. The zero-order valence-electron chi connectivity index (χ0n) is 10.6. The molecule has 0 aliphatic carbocycles. The zero-order chi connectivity index (χ0) is 14.9. The van der Waals surface area contributed by atoms with Crippen LogP contribution < -0.4 is 0 Å². The van der Waals surface area contributed by atoms with Gasteiger partial charge in [-0.2, -0.15) is 13.2 Å². The van der Waals surface area contributed by atoms with Crippen molar-refractivity contribution in [2.75, 3.05) is 0 Å². The van der Waals surface area contributed by atoms with Crippen molar-refractivity contribution in [2.45, 2.75) is 19.2 Å². The number of aryl methyl sites for hydroxylation is 1. The highest BCUT2D eigenvalue weighted by atomic mass is 35.5. The standard InChI is InChI=1S/C15H12ClF3O/c1-9-2-7-12(16)8-13(9)14(20)10-3-5-11(6-4-10)15(17,18)19/h2-8,14,20H,1H3. The molecule has 1 nitrogen and oxygen atoms in total. The van der Waals surface area contributed by atoms with Gasteiger partial charge in [-0.05, 0) is 47.9 Å². The maximum atomic E-state index is 12.5. The smallest absolute Gasteiger partial charge is 0.384 e. The van der Waals surface area contributed by atoms with Gasteiger partial charge in [-0.3, -0.25) is 0 Å². The molecule has 0 aliphatic rings. The third-order valence-electron chi connectivity index (χ3n) is 3.09. The molecule has 2 aromatic carbocycles. The molecule has 20 heavy (non-hydrogen) atoms. The van der Waals surface area contributed by atoms with Gasteiger partial charge in [0.15, 0.2) is 0 Å². The highest BCUT2D eigenvalue weighted by Crippen LogP contribution is 2.32. The van der Waals surface area contributed by atoms with Crippen LogP contribution in [0.5, 0.6) is 0 Å². The number of hydrogen-bond acceptors (Lipinski definition) is 1. The molecule has 5 heteroatoms. The van der Waals surface area contributed by atoms with Gasteiger partial charge in [-0.1, -0.05) is 29.8 Å². The molecule has 0 bridgehead atoms. The maximum Gasteiger partial charge on any atom is 0.416 e. The third-order valence-corrected chi connectivity index (χ3v) is 3.32. The normalized spacial score (nSPS) is 13.3. The number of aliphatic hydroxyl groups excluding tert-OH is 1. The summed E-state index contributed by atoms with van der Waals surface area (Å²) in [5.74, 6) is 0. The summed E-state index contributed by atoms with van der Waals surface area (Å²) < 4.78 is 37.4. The van der Waals surface area contributed by atoms with E-state index in [4.69, 9.17) is 11.6 Å². The van der Waals surface area contributed by atoms with Crippen molar-refractivity contribution in [3.63, 3.8) is 0 Å². The Morgan fingerprint density at radius 1 is 1.05 bits per heavy atom. The summed E-state index contributed by atoms with van der Waals surface area (Å²) in [7, 11) is 0. The van der Waals surface area contributed by atoms with E-state index in [2.05, 4.69) is 0 Å². The molecule has 1 N–H and O–H groups in total. The van der Waals surface area contributed by atoms with Crippen molar-refractivity contribution >= 4 is 11.6 Å². The van der Waals surface area contributed by atoms with Crippen LogP contribution in [0, 0.1) is 6.92 Å². The molecule has 0 spiro atoms. The molecule has 0 amide bonds. The van der Waals surface area contributed by atoms with Gasteiger partial charge in [-0.15, -0.1) is 0 Å². The van der Waals surface area contributed by atoms with Gasteiger partial charge in [0.1, 0.15) is 6.10 Å². The van der Waals surface area contributed by atoms with Gasteiger partial charge in [0.05, 0.1) is 5.56 Å². The average molecular weight is 301 g/mol. The van der Waals surface area contributed by atoms with Crippen LogP contribution >= 0.6 is 11.6 Å². The molecule has 106 valence electrons. The van der Waals surface area contributed by atoms with E-state index in [0.717, 1.165) is 17.7 Å². The Hall–Kier alpha value is -1.52. The van der Waals surface area contributed by atoms with Crippen LogP contribution in [0.15, 0.2) is 42.5 Å². The molecule has 0 aliphatic heterocycles. The molecule has 2 rings (SSSR count). The molecule has 1 atom stereocenters. The SMILES string of the molecule is Cc1ccc(Cl)cc1C(O)c1ccc(C(F)(F)F)cc1. The fraction of sp³-hybridized carbons (Fsp3) is 0.200. The fourth-order valence-electron chi connectivity index (χ4n) is 1.94. The van der Waals surface area contributed by atoms with Crippen molar-refractivity contribution in [3.8, 4) is 0 Å². The first-order valence-electron chi connectivity index (χ1n) is 5.90. The Morgan fingerprint density at radius 2 is 1.65 bits per heavy atom. The summed E-state index contributed by atoms with van der Waals surface area (Å²) in [5.41, 5.74) is 1.05. The van der Waals surface area contributed by atoms with E-state index in [0.29, 0.717) is 16.1 Å². The minimum atomic E-state index is -4.38. The molecule has 0 saturated heterocycles. The molecule has 0 fully saturated rings. The zero-order valence-corrected chi connectivity index (χ0v) is 11.3. The largest absolute Gasteiger partial charge is 0.416 e. The highest BCUT2D eigenvalue weighted by molar-refractivity contribution is 6.30. The lowest BCUT2D eigenvalue weighted by Crippen LogP contribution is -2.06. The monoisotopic (exact) mass is 300 g/mol. The molecular formula is C15H12ClF3O. The molecule has 1 unspecified atom stereocenters. The quantitative estimate of drug-likeness (QED) is 0.848. The summed E-state index contributed by atoms with van der Waals surface area (Å²) in [6, 6.07) is 9.52. The summed E-state index contributed by atoms with van der Waals surface area (Å²) in [4.78, 5) is 0. The lowest BCUT2D eigenvalue weighted by Gasteiger charge is -2.15. The van der Waals surface area contributed by atoms with Crippen LogP contribution in [0.4, 0.5) is 13.2 Å². The first-order chi connectivity index (χ1) is 9.29. The first-order valence-corrected chi connectivity index (χ1v) is 6.28. The van der Waals surface area contributed by atoms with E-state index in [1.807, 2.05) is 0 Å². The summed E-state index contributed by atoms with van der Waals surface area (Å²) in [5, 5.41) is 10.7. The van der Waals surface area contributed by atoms with Crippen LogP contribution in [0.2, 0.25) is 5.02 Å². The fourth-order valence-corrected chi connectivity index (χ4v) is 2.12. The first kappa shape index (κ1) is 14.9. The maximum absolute atomic E-state index is 12.5. The van der Waals surface area contributed by atoms with E-state index in [1.165, 1.54) is 12.1 Å². The van der Waals surface area contributed by atoms with Gasteiger partial charge in [0.25, 0.3) is 0 Å². The van der Waals surface area contributed by atoms with Crippen molar-refractivity contribution in [3.05, 3.63) is 69.7 Å². The van der Waals surface area contributed by atoms with E-state index < -0.39 is 17.8 Å². The van der Waals surface area contributed by atoms with Crippen molar-refractivity contribution < 1.29 is 18.3 Å². The molecule has 0 saturated carbocycles. The number of benzene rings is 2. The van der Waals surface area contributed by atoms with Crippen LogP contribution in [0.25, 0.3) is 0 Å². The second kappa shape index (κ2) is 5.46. The molecule has 0 aromatic heterocycles. The van der Waals surface area contributed by atoms with E-state index >= 15 is 0 Å². The number of halogens is 4. The Labute approximate surface area is 119 Å². The molecule has 0 radical (unpaired) electrons. The summed E-state index contributed by atoms with van der Waals surface area (Å²) in [6.45, 7) is 1.80. The van der Waals surface area contributed by atoms with Crippen LogP contribution in [0.1, 0.15) is 28.4 Å². The number of alkyl halides is 3. The van der Waals surface area contributed by atoms with Gasteiger partial charge in [-0.25, -0.2) is 0 Å². The van der Waals surface area contributed by atoms with Gasteiger partial charge in [0, 0.05) is 5.02 Å². The van der Waals surface area contributed by atoms with Crippen LogP contribution in [-0.4, -0.2) is 5.11 Å². The van der Waals surface area contributed by atoms with Crippen molar-refractivity contribution in [1.82, 2.24) is 0 Å². The minimum Gasteiger partial charge on any atom is -0.384 e. The number of hydrogen-bond donors (Lipinski definition) is 1. The van der Waals surface area contributed by atoms with Crippen molar-refractivity contribution in [2.24, 2.45) is 0 Å². The topological polar surface area (TPSA) is 20.2 Å². The van der Waals surface area contributed by atoms with Crippen LogP contribution in [-0.2, 0) is 6.18 Å². The van der Waals surface area contributed by atoms with Crippen LogP contribution in [0.3, 0.4) is 0 Å². The third kappa shape index (κ3) is 3.14. The van der Waals surface area contributed by atoms with Gasteiger partial charge < -0.3 is 5.11 Å². The van der Waals surface area contributed by atoms with E-state index in [9.17, 15) is 18.3 Å². The predicted octanol–water partition coefficient (Wildman–Crippen LogP) is 4.75. The summed E-state index contributed by atoms with van der Waals surface area (Å²) >= 11 is 5.87. The Morgan fingerprint density at radius 3 is 2.20 bits per heavy atom. The Kier molecular flexibility index (Phi) is 4.06. The Balaban J connectivity index is 2.34. The highest BCUT2D eigenvalue weighted by Gasteiger charge is 2.30. The molecule has 2 aromatic rings. The second-order valence-corrected chi connectivity index (χ2v) is 4.96. The predicted molar refractivity (Wildman–Crippen MR) is 71.7 cm³/mol. The van der Waals surface area contributed by atoms with Crippen molar-refractivity contribution in [1.29, 1.82) is 0 Å². The number of aliphatic hydroxyl groups is 1. The molecule has 0 heterocycles. The second-order valence-electron chi connectivity index (χ2n) is 4.52. The van der Waals surface area contributed by atoms with Gasteiger partial charge >= 0.3 is 6.18 Å². The minimum absolute atomic E-state index is 0.392. The van der Waals surface area contributed by atoms with Gasteiger partial charge in [0.2, 0.25) is 0 Å². The lowest BCUT2D eigenvalue weighted by molar-refractivity contribution is -0.137. The van der Waals surface area contributed by atoms with E-state index in [1.54, 1.807) is 25.1 Å². The molecular weight excluding hydrogens is 289 g/mol. The number of rotatable bonds is 2.